The number of hydrogen-bond donors (Lipinski definition) is 0. The van der Waals surface area contributed by atoms with E-state index in [0.29, 0.717) is 0 Å². The highest BCUT2D eigenvalue weighted by atomic mass is 16.5. The van der Waals surface area contributed by atoms with Crippen LogP contribution in [-0.4, -0.2) is 36.9 Å². The van der Waals surface area contributed by atoms with Crippen LogP contribution in [0.2, 0.25) is 0 Å². The van der Waals surface area contributed by atoms with E-state index in [0.717, 1.165) is 36.2 Å². The number of benzene rings is 4. The maximum absolute atomic E-state index is 6.47. The van der Waals surface area contributed by atoms with Gasteiger partial charge in [0, 0.05) is 65.9 Å². The van der Waals surface area contributed by atoms with Crippen molar-refractivity contribution in [3.8, 4) is 11.5 Å². The first-order valence-electron chi connectivity index (χ1n) is 13.8. The lowest BCUT2D eigenvalue weighted by Gasteiger charge is -2.47. The molecule has 0 spiro atoms. The minimum Gasteiger partial charge on any atom is -0.457 e. The third-order valence-corrected chi connectivity index (χ3v) is 8.69. The number of aromatic nitrogens is 1. The molecule has 1 aromatic heterocycles. The van der Waals surface area contributed by atoms with E-state index < -0.39 is 0 Å². The van der Waals surface area contributed by atoms with Crippen LogP contribution in [0.5, 0.6) is 11.5 Å². The van der Waals surface area contributed by atoms with Crippen molar-refractivity contribution in [2.45, 2.75) is 19.4 Å². The van der Waals surface area contributed by atoms with Gasteiger partial charge in [-0.05, 0) is 75.0 Å². The molecule has 0 aliphatic carbocycles. The van der Waals surface area contributed by atoms with Crippen molar-refractivity contribution in [3.05, 3.63) is 103 Å². The van der Waals surface area contributed by atoms with Crippen molar-refractivity contribution in [2.75, 3.05) is 42.1 Å². The number of aryl methyl sites for hydroxylation is 1. The van der Waals surface area contributed by atoms with E-state index in [9.17, 15) is 0 Å². The summed E-state index contributed by atoms with van der Waals surface area (Å²) < 4.78 is 8.65. The minimum absolute atomic E-state index is 0.0316. The Labute approximate surface area is 236 Å². The summed E-state index contributed by atoms with van der Waals surface area (Å²) in [6.45, 7) is 6.17. The van der Waals surface area contributed by atoms with Crippen molar-refractivity contribution in [1.29, 1.82) is 0 Å². The molecule has 0 saturated heterocycles. The maximum Gasteiger partial charge on any atom is 0.129 e. The average Bonchev–Trinajstić information content (AvgIpc) is 3.49. The zero-order valence-electron chi connectivity index (χ0n) is 23.8. The van der Waals surface area contributed by atoms with Gasteiger partial charge in [-0.2, -0.15) is 0 Å². The van der Waals surface area contributed by atoms with Crippen LogP contribution in [0.15, 0.2) is 97.2 Å². The topological polar surface area (TPSA) is 27.1 Å². The van der Waals surface area contributed by atoms with Crippen molar-refractivity contribution < 1.29 is 4.74 Å². The highest BCUT2D eigenvalue weighted by Gasteiger charge is 2.35. The molecular formula is C34H35N5O. The summed E-state index contributed by atoms with van der Waals surface area (Å²) in [6, 6.07) is 32.3. The summed E-state index contributed by atoms with van der Waals surface area (Å²) in [5, 5.41) is 1.25. The fourth-order valence-electron chi connectivity index (χ4n) is 6.08. The van der Waals surface area contributed by atoms with Crippen LogP contribution in [0, 0.1) is 0 Å². The summed E-state index contributed by atoms with van der Waals surface area (Å²) >= 11 is 0. The van der Waals surface area contributed by atoms with Crippen LogP contribution in [0.3, 0.4) is 0 Å². The second kappa shape index (κ2) is 9.07. The van der Waals surface area contributed by atoms with Gasteiger partial charge in [0.15, 0.2) is 0 Å². The zero-order chi connectivity index (χ0) is 27.6. The Morgan fingerprint density at radius 1 is 0.650 bits per heavy atom. The molecule has 0 radical (unpaired) electrons. The number of rotatable bonds is 4. The fraction of sp³-hybridized carbons (Fsp3) is 0.235. The molecule has 0 atom stereocenters. The molecule has 0 fully saturated rings. The van der Waals surface area contributed by atoms with Crippen LogP contribution in [0.25, 0.3) is 10.9 Å². The molecule has 202 valence electrons. The Hall–Kier alpha value is -4.42. The Morgan fingerprint density at radius 3 is 2.05 bits per heavy atom. The largest absolute Gasteiger partial charge is 0.457 e. The van der Waals surface area contributed by atoms with Gasteiger partial charge in [-0.3, -0.25) is 4.90 Å². The molecule has 0 amide bonds. The lowest BCUT2D eigenvalue weighted by atomic mass is 9.88. The predicted molar refractivity (Wildman–Crippen MR) is 166 cm³/mol. The van der Waals surface area contributed by atoms with Gasteiger partial charge in [0.25, 0.3) is 0 Å². The van der Waals surface area contributed by atoms with Gasteiger partial charge in [0.2, 0.25) is 0 Å². The van der Waals surface area contributed by atoms with Crippen LogP contribution in [0.4, 0.5) is 28.4 Å². The van der Waals surface area contributed by atoms with E-state index in [-0.39, 0.29) is 5.54 Å². The third kappa shape index (κ3) is 3.90. The summed E-state index contributed by atoms with van der Waals surface area (Å²) in [6.07, 6.45) is 2.12. The van der Waals surface area contributed by atoms with E-state index in [4.69, 9.17) is 4.74 Å². The van der Waals surface area contributed by atoms with E-state index in [2.05, 4.69) is 144 Å². The van der Waals surface area contributed by atoms with Crippen LogP contribution in [0.1, 0.15) is 19.4 Å². The average molecular weight is 530 g/mol. The van der Waals surface area contributed by atoms with Gasteiger partial charge in [0.05, 0.1) is 24.7 Å². The first-order valence-corrected chi connectivity index (χ1v) is 13.8. The van der Waals surface area contributed by atoms with Crippen molar-refractivity contribution in [1.82, 2.24) is 9.47 Å². The van der Waals surface area contributed by atoms with Gasteiger partial charge in [-0.1, -0.05) is 30.3 Å². The maximum atomic E-state index is 6.47. The number of ether oxygens (including phenoxy) is 1. The standard InChI is InChI=1S/C34H35N5O/c1-34(2)29-14-6-7-15-30(29)39(23-37(34)5)26-11-9-13-28(20-26)40-27-12-8-10-25(19-27)38-22-36(4)32-21-31-24(18-33(32)38)16-17-35(31)3/h6-21H,22-23H2,1-5H3. The first kappa shape index (κ1) is 24.6. The zero-order valence-corrected chi connectivity index (χ0v) is 23.8. The molecule has 40 heavy (non-hydrogen) atoms. The first-order chi connectivity index (χ1) is 19.3. The summed E-state index contributed by atoms with van der Waals surface area (Å²) in [5.41, 5.74) is 8.47. The third-order valence-electron chi connectivity index (χ3n) is 8.69. The normalized spacial score (nSPS) is 16.4. The molecule has 2 aliphatic rings. The molecule has 3 heterocycles. The van der Waals surface area contributed by atoms with Gasteiger partial charge in [-0.15, -0.1) is 0 Å². The van der Waals surface area contributed by atoms with Crippen molar-refractivity contribution in [3.63, 3.8) is 0 Å². The molecule has 0 saturated carbocycles. The van der Waals surface area contributed by atoms with Crippen LogP contribution < -0.4 is 19.4 Å². The second-order valence-electron chi connectivity index (χ2n) is 11.5. The fourth-order valence-corrected chi connectivity index (χ4v) is 6.08. The monoisotopic (exact) mass is 529 g/mol. The van der Waals surface area contributed by atoms with Crippen LogP contribution >= 0.6 is 0 Å². The molecule has 5 aromatic rings. The minimum atomic E-state index is -0.0316. The smallest absolute Gasteiger partial charge is 0.129 e. The second-order valence-corrected chi connectivity index (χ2v) is 11.5. The van der Waals surface area contributed by atoms with Gasteiger partial charge < -0.3 is 24.0 Å². The molecule has 0 bridgehead atoms. The SMILES string of the molecule is CN1CN(c2cccc(Oc3cccc(N4CN(C)C(C)(C)c5ccccc54)c3)c2)c2cc3ccn(C)c3cc21. The Balaban J connectivity index is 1.18. The molecule has 0 N–H and O–H groups in total. The summed E-state index contributed by atoms with van der Waals surface area (Å²) in [7, 11) is 6.43. The number of hydrogen-bond acceptors (Lipinski definition) is 5. The van der Waals surface area contributed by atoms with Crippen LogP contribution in [-0.2, 0) is 12.6 Å². The van der Waals surface area contributed by atoms with E-state index in [1.54, 1.807) is 0 Å². The number of para-hydroxylation sites is 1. The summed E-state index contributed by atoms with van der Waals surface area (Å²) in [4.78, 5) is 9.41. The predicted octanol–water partition coefficient (Wildman–Crippen LogP) is 7.79. The quantitative estimate of drug-likeness (QED) is 0.237. The molecule has 6 heteroatoms. The highest BCUT2D eigenvalue weighted by molar-refractivity contribution is 5.95. The Bertz CT molecular complexity index is 1740. The molecule has 7 rings (SSSR count). The van der Waals surface area contributed by atoms with Gasteiger partial charge in [-0.25, -0.2) is 0 Å². The van der Waals surface area contributed by atoms with E-state index in [1.807, 2.05) is 12.1 Å². The Kier molecular flexibility index (Phi) is 5.58. The molecule has 6 nitrogen and oxygen atoms in total. The number of anilines is 5. The molecule has 0 unspecified atom stereocenters. The van der Waals surface area contributed by atoms with Gasteiger partial charge >= 0.3 is 0 Å². The van der Waals surface area contributed by atoms with Gasteiger partial charge in [0.1, 0.15) is 11.5 Å². The lowest BCUT2D eigenvalue weighted by Crippen LogP contribution is -2.49. The van der Waals surface area contributed by atoms with Crippen molar-refractivity contribution in [2.24, 2.45) is 7.05 Å². The summed E-state index contributed by atoms with van der Waals surface area (Å²) in [5.74, 6) is 1.65. The number of fused-ring (bicyclic) bond motifs is 3. The molecular weight excluding hydrogens is 494 g/mol. The van der Waals surface area contributed by atoms with E-state index in [1.165, 1.54) is 33.5 Å². The number of nitrogens with zero attached hydrogens (tertiary/aromatic N) is 5. The Morgan fingerprint density at radius 2 is 1.32 bits per heavy atom. The molecule has 4 aromatic carbocycles. The van der Waals surface area contributed by atoms with Crippen molar-refractivity contribution >= 4 is 39.3 Å². The molecule has 2 aliphatic heterocycles. The lowest BCUT2D eigenvalue weighted by molar-refractivity contribution is 0.150. The van der Waals surface area contributed by atoms with E-state index >= 15 is 0 Å². The highest BCUT2D eigenvalue weighted by Crippen LogP contribution is 2.45.